The molecule has 0 radical (unpaired) electrons. The minimum absolute atomic E-state index is 0.0347. The molecule has 8 heteroatoms. The molecule has 0 atom stereocenters. The lowest BCUT2D eigenvalue weighted by molar-refractivity contribution is 0.0713. The molecule has 164 valence electrons. The number of pyridine rings is 1. The molecule has 32 heavy (non-hydrogen) atoms. The number of amides is 2. The van der Waals surface area contributed by atoms with Crippen LogP contribution in [0.25, 0.3) is 11.1 Å². The molecule has 0 aliphatic carbocycles. The van der Waals surface area contributed by atoms with E-state index in [1.807, 2.05) is 0 Å². The molecule has 0 unspecified atom stereocenters. The largest absolute Gasteiger partial charge is 0.366 e. The SMILES string of the molecule is NC(=O)c1ccccc1-c1c(C(=O)N2CCC(c3ccc(F)cc3)CC2)cnc(Cl)c1Cl. The molecule has 4 rings (SSSR count). The number of piperidine rings is 1. The number of aromatic nitrogens is 1. The predicted molar refractivity (Wildman–Crippen MR) is 122 cm³/mol. The highest BCUT2D eigenvalue weighted by Crippen LogP contribution is 2.38. The summed E-state index contributed by atoms with van der Waals surface area (Å²) in [5.74, 6) is -0.898. The zero-order valence-corrected chi connectivity index (χ0v) is 18.5. The molecule has 2 aromatic carbocycles. The smallest absolute Gasteiger partial charge is 0.256 e. The van der Waals surface area contributed by atoms with E-state index in [1.165, 1.54) is 18.3 Å². The molecule has 2 amide bonds. The fourth-order valence-electron chi connectivity index (χ4n) is 4.13. The number of rotatable bonds is 4. The lowest BCUT2D eigenvalue weighted by Gasteiger charge is -2.33. The van der Waals surface area contributed by atoms with Gasteiger partial charge in [-0.25, -0.2) is 9.37 Å². The van der Waals surface area contributed by atoms with Gasteiger partial charge in [0.15, 0.2) is 0 Å². The number of carbonyl (C=O) groups is 2. The highest BCUT2D eigenvalue weighted by atomic mass is 35.5. The molecular weight excluding hydrogens is 452 g/mol. The van der Waals surface area contributed by atoms with Crippen LogP contribution in [-0.4, -0.2) is 34.8 Å². The summed E-state index contributed by atoms with van der Waals surface area (Å²) in [7, 11) is 0. The van der Waals surface area contributed by atoms with Gasteiger partial charge in [0, 0.05) is 30.4 Å². The van der Waals surface area contributed by atoms with Crippen molar-refractivity contribution in [2.24, 2.45) is 5.73 Å². The first kappa shape index (κ1) is 22.2. The van der Waals surface area contributed by atoms with Gasteiger partial charge >= 0.3 is 0 Å². The monoisotopic (exact) mass is 471 g/mol. The third-order valence-corrected chi connectivity index (χ3v) is 6.54. The second kappa shape index (κ2) is 9.27. The van der Waals surface area contributed by atoms with E-state index in [4.69, 9.17) is 28.9 Å². The minimum Gasteiger partial charge on any atom is -0.366 e. The Morgan fingerprint density at radius 3 is 2.31 bits per heavy atom. The van der Waals surface area contributed by atoms with Gasteiger partial charge in [0.25, 0.3) is 5.91 Å². The van der Waals surface area contributed by atoms with Crippen molar-refractivity contribution in [1.29, 1.82) is 0 Å². The van der Waals surface area contributed by atoms with Crippen molar-refractivity contribution >= 4 is 35.0 Å². The van der Waals surface area contributed by atoms with E-state index in [-0.39, 0.29) is 38.9 Å². The van der Waals surface area contributed by atoms with Crippen molar-refractivity contribution in [3.8, 4) is 11.1 Å². The first-order chi connectivity index (χ1) is 15.4. The Labute approximate surface area is 195 Å². The van der Waals surface area contributed by atoms with Gasteiger partial charge in [-0.3, -0.25) is 9.59 Å². The summed E-state index contributed by atoms with van der Waals surface area (Å²) in [6.07, 6.45) is 2.88. The van der Waals surface area contributed by atoms with Gasteiger partial charge in [0.05, 0.1) is 10.6 Å². The molecule has 2 N–H and O–H groups in total. The van der Waals surface area contributed by atoms with Gasteiger partial charge in [-0.15, -0.1) is 0 Å². The minimum atomic E-state index is -0.636. The van der Waals surface area contributed by atoms with E-state index >= 15 is 0 Å². The van der Waals surface area contributed by atoms with Gasteiger partial charge in [-0.1, -0.05) is 53.5 Å². The van der Waals surface area contributed by atoms with Gasteiger partial charge < -0.3 is 10.6 Å². The van der Waals surface area contributed by atoms with Crippen molar-refractivity contribution in [2.45, 2.75) is 18.8 Å². The van der Waals surface area contributed by atoms with Crippen molar-refractivity contribution in [1.82, 2.24) is 9.88 Å². The fraction of sp³-hybridized carbons (Fsp3) is 0.208. The van der Waals surface area contributed by atoms with E-state index in [2.05, 4.69) is 4.98 Å². The Morgan fingerprint density at radius 2 is 1.66 bits per heavy atom. The lowest BCUT2D eigenvalue weighted by Crippen LogP contribution is -2.38. The Bertz CT molecular complexity index is 1180. The molecular formula is C24H20Cl2FN3O2. The third-order valence-electron chi connectivity index (χ3n) is 5.79. The third kappa shape index (κ3) is 4.33. The second-order valence-corrected chi connectivity index (χ2v) is 8.42. The second-order valence-electron chi connectivity index (χ2n) is 7.68. The highest BCUT2D eigenvalue weighted by molar-refractivity contribution is 6.43. The van der Waals surface area contributed by atoms with Crippen molar-refractivity contribution in [3.05, 3.63) is 87.4 Å². The van der Waals surface area contributed by atoms with Crippen LogP contribution in [0.3, 0.4) is 0 Å². The number of likely N-dealkylation sites (tertiary alicyclic amines) is 1. The fourth-order valence-corrected chi connectivity index (χ4v) is 4.52. The number of halogens is 3. The number of carbonyl (C=O) groups excluding carboxylic acids is 2. The van der Waals surface area contributed by atoms with Crippen LogP contribution in [0.15, 0.2) is 54.7 Å². The standard InChI is InChI=1S/C24H20Cl2FN3O2/c25-21-20(17-3-1-2-4-18(17)23(28)31)19(13-29-22(21)26)24(32)30-11-9-15(10-12-30)14-5-7-16(27)8-6-14/h1-8,13,15H,9-12H2,(H2,28,31). The van der Waals surface area contributed by atoms with Gasteiger partial charge in [0.2, 0.25) is 5.91 Å². The Balaban J connectivity index is 1.64. The van der Waals surface area contributed by atoms with Crippen LogP contribution in [0.4, 0.5) is 4.39 Å². The number of nitrogens with two attached hydrogens (primary N) is 1. The van der Waals surface area contributed by atoms with Gasteiger partial charge in [-0.2, -0.15) is 0 Å². The maximum atomic E-state index is 13.4. The summed E-state index contributed by atoms with van der Waals surface area (Å²) < 4.78 is 13.2. The van der Waals surface area contributed by atoms with Crippen LogP contribution in [-0.2, 0) is 0 Å². The Morgan fingerprint density at radius 1 is 1.00 bits per heavy atom. The first-order valence-electron chi connectivity index (χ1n) is 10.1. The summed E-state index contributed by atoms with van der Waals surface area (Å²) >= 11 is 12.6. The van der Waals surface area contributed by atoms with Crippen LogP contribution in [0, 0.1) is 5.82 Å². The zero-order valence-electron chi connectivity index (χ0n) is 17.0. The Hall–Kier alpha value is -2.96. The molecule has 5 nitrogen and oxygen atoms in total. The van der Waals surface area contributed by atoms with Crippen molar-refractivity contribution in [3.63, 3.8) is 0 Å². The molecule has 1 aliphatic rings. The van der Waals surface area contributed by atoms with E-state index in [0.29, 0.717) is 24.2 Å². The van der Waals surface area contributed by atoms with E-state index in [1.54, 1.807) is 41.3 Å². The number of benzene rings is 2. The van der Waals surface area contributed by atoms with Crippen LogP contribution in [0.5, 0.6) is 0 Å². The van der Waals surface area contributed by atoms with Crippen LogP contribution in [0.2, 0.25) is 10.2 Å². The lowest BCUT2D eigenvalue weighted by atomic mass is 9.89. The van der Waals surface area contributed by atoms with Crippen LogP contribution in [0.1, 0.15) is 45.0 Å². The molecule has 1 aromatic heterocycles. The summed E-state index contributed by atoms with van der Waals surface area (Å²) in [5, 5.41) is 0.125. The summed E-state index contributed by atoms with van der Waals surface area (Å²) in [4.78, 5) is 31.2. The quantitative estimate of drug-likeness (QED) is 0.523. The van der Waals surface area contributed by atoms with Crippen LogP contribution >= 0.6 is 23.2 Å². The topological polar surface area (TPSA) is 76.3 Å². The molecule has 0 bridgehead atoms. The first-order valence-corrected chi connectivity index (χ1v) is 10.9. The average Bonchev–Trinajstić information content (AvgIpc) is 2.81. The van der Waals surface area contributed by atoms with E-state index in [9.17, 15) is 14.0 Å². The van der Waals surface area contributed by atoms with E-state index in [0.717, 1.165) is 18.4 Å². The number of primary amides is 1. The van der Waals surface area contributed by atoms with E-state index < -0.39 is 5.91 Å². The maximum absolute atomic E-state index is 13.4. The van der Waals surface area contributed by atoms with Crippen molar-refractivity contribution < 1.29 is 14.0 Å². The summed E-state index contributed by atoms with van der Waals surface area (Å²) in [5.41, 5.74) is 7.86. The maximum Gasteiger partial charge on any atom is 0.256 e. The zero-order chi connectivity index (χ0) is 22.8. The molecule has 0 spiro atoms. The molecule has 1 aliphatic heterocycles. The molecule has 3 aromatic rings. The van der Waals surface area contributed by atoms with Crippen LogP contribution < -0.4 is 5.73 Å². The predicted octanol–water partition coefficient (Wildman–Crippen LogP) is 5.31. The van der Waals surface area contributed by atoms with Gasteiger partial charge in [-0.05, 0) is 48.1 Å². The average molecular weight is 472 g/mol. The van der Waals surface area contributed by atoms with Crippen molar-refractivity contribution in [2.75, 3.05) is 13.1 Å². The normalized spacial score (nSPS) is 14.4. The summed E-state index contributed by atoms with van der Waals surface area (Å²) in [6.45, 7) is 1.05. The molecule has 1 fully saturated rings. The Kier molecular flexibility index (Phi) is 6.44. The number of hydrogen-bond acceptors (Lipinski definition) is 3. The number of nitrogens with zero attached hydrogens (tertiary/aromatic N) is 2. The molecule has 0 saturated carbocycles. The van der Waals surface area contributed by atoms with Gasteiger partial charge in [0.1, 0.15) is 11.0 Å². The number of hydrogen-bond donors (Lipinski definition) is 1. The molecule has 1 saturated heterocycles. The molecule has 2 heterocycles. The summed E-state index contributed by atoms with van der Waals surface area (Å²) in [6, 6.07) is 13.2. The highest BCUT2D eigenvalue weighted by Gasteiger charge is 2.29.